The predicted octanol–water partition coefficient (Wildman–Crippen LogP) is 6.57. The van der Waals surface area contributed by atoms with Crippen molar-refractivity contribution in [3.8, 4) is 0 Å². The Balaban J connectivity index is 1.83. The number of nitrogens with zero attached hydrogens (tertiary/aromatic N) is 3. The van der Waals surface area contributed by atoms with Crippen LogP contribution in [-0.4, -0.2) is 15.9 Å². The Morgan fingerprint density at radius 3 is 2.76 bits per heavy atom. The summed E-state index contributed by atoms with van der Waals surface area (Å²) in [4.78, 5) is 24.3. The fourth-order valence-electron chi connectivity index (χ4n) is 3.17. The van der Waals surface area contributed by atoms with E-state index >= 15 is 0 Å². The van der Waals surface area contributed by atoms with Crippen LogP contribution in [0.4, 0.5) is 5.13 Å². The fourth-order valence-corrected chi connectivity index (χ4v) is 4.74. The van der Waals surface area contributed by atoms with E-state index in [4.69, 9.17) is 16.6 Å². The van der Waals surface area contributed by atoms with Crippen LogP contribution in [0.15, 0.2) is 59.2 Å². The number of thiazole rings is 1. The maximum absolute atomic E-state index is 13.5. The molecule has 29 heavy (non-hydrogen) atoms. The molecule has 0 saturated carbocycles. The molecule has 146 valence electrons. The van der Waals surface area contributed by atoms with Gasteiger partial charge in [-0.3, -0.25) is 14.7 Å². The van der Waals surface area contributed by atoms with Gasteiger partial charge in [-0.2, -0.15) is 0 Å². The fraction of sp³-hybridized carbons (Fsp3) is 0.136. The first kappa shape index (κ1) is 20.0. The summed E-state index contributed by atoms with van der Waals surface area (Å²) in [5, 5.41) is 1.03. The lowest BCUT2D eigenvalue weighted by molar-refractivity contribution is 0.0985. The number of rotatable bonds is 4. The molecule has 4 rings (SSSR count). The third-order valence-electron chi connectivity index (χ3n) is 4.49. The number of benzene rings is 2. The molecule has 0 aliphatic heterocycles. The van der Waals surface area contributed by atoms with Crippen molar-refractivity contribution < 1.29 is 4.79 Å². The van der Waals surface area contributed by atoms with Gasteiger partial charge in [-0.15, -0.1) is 0 Å². The van der Waals surface area contributed by atoms with Crippen LogP contribution in [0.3, 0.4) is 0 Å². The lowest BCUT2D eigenvalue weighted by atomic mass is 10.1. The Labute approximate surface area is 186 Å². The standard InChI is InChI=1S/C22H17BrClN3OS/c1-13-9-14(2)20-19(10-13)26-22(29-20)27(12-16-5-3-4-8-25-16)21(28)17-11-15(23)6-7-18(17)24/h3-11H,12H2,1-2H3. The van der Waals surface area contributed by atoms with E-state index in [1.54, 1.807) is 23.2 Å². The predicted molar refractivity (Wildman–Crippen MR) is 123 cm³/mol. The monoisotopic (exact) mass is 485 g/mol. The van der Waals surface area contributed by atoms with Crippen LogP contribution < -0.4 is 4.90 Å². The third-order valence-corrected chi connectivity index (χ3v) is 6.54. The van der Waals surface area contributed by atoms with Gasteiger partial charge < -0.3 is 0 Å². The molecule has 0 unspecified atom stereocenters. The van der Waals surface area contributed by atoms with E-state index in [2.05, 4.69) is 33.9 Å². The van der Waals surface area contributed by atoms with Crippen molar-refractivity contribution in [1.82, 2.24) is 9.97 Å². The van der Waals surface area contributed by atoms with Crippen LogP contribution >= 0.6 is 38.9 Å². The number of pyridine rings is 1. The zero-order valence-corrected chi connectivity index (χ0v) is 19.0. The quantitative estimate of drug-likeness (QED) is 0.328. The highest BCUT2D eigenvalue weighted by Gasteiger charge is 2.24. The van der Waals surface area contributed by atoms with Crippen molar-refractivity contribution in [2.75, 3.05) is 4.90 Å². The molecule has 0 atom stereocenters. The second-order valence-corrected chi connectivity index (χ2v) is 9.06. The molecule has 0 aliphatic carbocycles. The molecule has 0 radical (unpaired) electrons. The van der Waals surface area contributed by atoms with Crippen LogP contribution in [0.1, 0.15) is 27.2 Å². The Morgan fingerprint density at radius 2 is 2.00 bits per heavy atom. The van der Waals surface area contributed by atoms with Crippen molar-refractivity contribution >= 4 is 60.1 Å². The van der Waals surface area contributed by atoms with Crippen molar-refractivity contribution in [3.63, 3.8) is 0 Å². The summed E-state index contributed by atoms with van der Waals surface area (Å²) in [5.41, 5.74) is 4.38. The lowest BCUT2D eigenvalue weighted by Crippen LogP contribution is -2.31. The van der Waals surface area contributed by atoms with Crippen molar-refractivity contribution in [2.24, 2.45) is 0 Å². The van der Waals surface area contributed by atoms with Crippen molar-refractivity contribution in [1.29, 1.82) is 0 Å². The zero-order valence-electron chi connectivity index (χ0n) is 15.8. The van der Waals surface area contributed by atoms with Gasteiger partial charge in [0.1, 0.15) is 0 Å². The van der Waals surface area contributed by atoms with Gasteiger partial charge in [-0.1, -0.05) is 51.0 Å². The molecule has 2 aromatic carbocycles. The van der Waals surface area contributed by atoms with Gasteiger partial charge >= 0.3 is 0 Å². The number of anilines is 1. The third kappa shape index (κ3) is 4.20. The molecule has 2 heterocycles. The number of carbonyl (C=O) groups excluding carboxylic acids is 1. The number of amides is 1. The van der Waals surface area contributed by atoms with Crippen LogP contribution in [-0.2, 0) is 6.54 Å². The minimum atomic E-state index is -0.213. The number of halogens is 2. The Hall–Kier alpha value is -2.28. The molecule has 4 nitrogen and oxygen atoms in total. The number of aryl methyl sites for hydroxylation is 2. The summed E-state index contributed by atoms with van der Waals surface area (Å²) in [5.74, 6) is -0.213. The van der Waals surface area contributed by atoms with Crippen molar-refractivity contribution in [3.05, 3.63) is 86.6 Å². The maximum Gasteiger partial charge on any atom is 0.261 e. The van der Waals surface area contributed by atoms with Crippen LogP contribution in [0.25, 0.3) is 10.2 Å². The van der Waals surface area contributed by atoms with Gasteiger partial charge in [0.25, 0.3) is 5.91 Å². The molecule has 7 heteroatoms. The summed E-state index contributed by atoms with van der Waals surface area (Å²) in [6.07, 6.45) is 1.72. The summed E-state index contributed by atoms with van der Waals surface area (Å²) in [6.45, 7) is 4.41. The molecule has 0 aliphatic rings. The number of hydrogen-bond donors (Lipinski definition) is 0. The molecule has 4 aromatic rings. The highest BCUT2D eigenvalue weighted by atomic mass is 79.9. The summed E-state index contributed by atoms with van der Waals surface area (Å²) < 4.78 is 1.86. The second-order valence-electron chi connectivity index (χ2n) is 6.76. The first-order valence-electron chi connectivity index (χ1n) is 8.97. The molecule has 2 aromatic heterocycles. The van der Waals surface area contributed by atoms with Gasteiger partial charge in [0.15, 0.2) is 5.13 Å². The average Bonchev–Trinajstić information content (AvgIpc) is 3.12. The summed E-state index contributed by atoms with van der Waals surface area (Å²) in [7, 11) is 0. The van der Waals surface area contributed by atoms with E-state index in [1.807, 2.05) is 37.3 Å². The Bertz CT molecular complexity index is 1210. The number of hydrogen-bond acceptors (Lipinski definition) is 4. The van der Waals surface area contributed by atoms with Gasteiger partial charge in [-0.25, -0.2) is 4.98 Å². The van der Waals surface area contributed by atoms with E-state index in [0.29, 0.717) is 22.3 Å². The van der Waals surface area contributed by atoms with Gasteiger partial charge in [0.2, 0.25) is 0 Å². The zero-order chi connectivity index (χ0) is 20.5. The normalized spacial score (nSPS) is 11.0. The molecule has 0 bridgehead atoms. The molecule has 0 saturated heterocycles. The minimum absolute atomic E-state index is 0.213. The molecular weight excluding hydrogens is 470 g/mol. The van der Waals surface area contributed by atoms with Gasteiger partial charge in [0.05, 0.1) is 33.0 Å². The molecule has 0 spiro atoms. The summed E-state index contributed by atoms with van der Waals surface area (Å²) >= 11 is 11.3. The molecule has 0 fully saturated rings. The Kier molecular flexibility index (Phi) is 5.67. The van der Waals surface area contributed by atoms with Gasteiger partial charge in [0, 0.05) is 10.7 Å². The van der Waals surface area contributed by atoms with E-state index in [1.165, 1.54) is 11.3 Å². The molecule has 1 amide bonds. The van der Waals surface area contributed by atoms with E-state index in [9.17, 15) is 4.79 Å². The van der Waals surface area contributed by atoms with Crippen LogP contribution in [0, 0.1) is 13.8 Å². The minimum Gasteiger partial charge on any atom is -0.278 e. The van der Waals surface area contributed by atoms with Crippen molar-refractivity contribution in [2.45, 2.75) is 20.4 Å². The van der Waals surface area contributed by atoms with Gasteiger partial charge in [-0.05, 0) is 61.4 Å². The van der Waals surface area contributed by atoms with Crippen LogP contribution in [0.5, 0.6) is 0 Å². The second kappa shape index (κ2) is 8.22. The average molecular weight is 487 g/mol. The lowest BCUT2D eigenvalue weighted by Gasteiger charge is -2.20. The van der Waals surface area contributed by atoms with Crippen LogP contribution in [0.2, 0.25) is 5.02 Å². The maximum atomic E-state index is 13.5. The molecule has 0 N–H and O–H groups in total. The highest BCUT2D eigenvalue weighted by Crippen LogP contribution is 2.34. The first-order valence-corrected chi connectivity index (χ1v) is 11.0. The molecular formula is C22H17BrClN3OS. The Morgan fingerprint density at radius 1 is 1.17 bits per heavy atom. The number of fused-ring (bicyclic) bond motifs is 1. The largest absolute Gasteiger partial charge is 0.278 e. The van der Waals surface area contributed by atoms with E-state index in [-0.39, 0.29) is 5.91 Å². The summed E-state index contributed by atoms with van der Waals surface area (Å²) in [6, 6.07) is 15.1. The highest BCUT2D eigenvalue weighted by molar-refractivity contribution is 9.10. The number of carbonyl (C=O) groups is 1. The number of aromatic nitrogens is 2. The first-order chi connectivity index (χ1) is 13.9. The topological polar surface area (TPSA) is 46.1 Å². The van der Waals surface area contributed by atoms with E-state index < -0.39 is 0 Å². The SMILES string of the molecule is Cc1cc(C)c2sc(N(Cc3ccccn3)C(=O)c3cc(Br)ccc3Cl)nc2c1. The van der Waals surface area contributed by atoms with E-state index in [0.717, 1.165) is 31.5 Å². The smallest absolute Gasteiger partial charge is 0.261 e.